The monoisotopic (exact) mass is 247 g/mol. The molecule has 1 aromatic carbocycles. The Kier molecular flexibility index (Phi) is 2.86. The van der Waals surface area contributed by atoms with Crippen LogP contribution in [-0.4, -0.2) is 22.2 Å². The van der Waals surface area contributed by atoms with Crippen LogP contribution in [0.25, 0.3) is 16.9 Å². The first-order chi connectivity index (χ1) is 9.20. The third kappa shape index (κ3) is 1.93. The van der Waals surface area contributed by atoms with Gasteiger partial charge < -0.3 is 4.40 Å². The van der Waals surface area contributed by atoms with Gasteiger partial charge in [-0.05, 0) is 18.9 Å². The van der Waals surface area contributed by atoms with Crippen LogP contribution in [0.2, 0.25) is 0 Å². The number of nitrogens with zero attached hydrogens (tertiary/aromatic N) is 3. The van der Waals surface area contributed by atoms with Crippen molar-refractivity contribution in [2.45, 2.75) is 20.3 Å². The van der Waals surface area contributed by atoms with Crippen LogP contribution in [0.4, 0.5) is 0 Å². The van der Waals surface area contributed by atoms with Gasteiger partial charge in [0.1, 0.15) is 7.85 Å². The maximum atomic E-state index is 6.14. The van der Waals surface area contributed by atoms with Gasteiger partial charge in [-0.1, -0.05) is 37.3 Å². The van der Waals surface area contributed by atoms with Crippen LogP contribution < -0.4 is 5.59 Å². The molecule has 2 radical (unpaired) electrons. The summed E-state index contributed by atoms with van der Waals surface area (Å²) in [7, 11) is 6.14. The quantitative estimate of drug-likeness (QED) is 0.649. The van der Waals surface area contributed by atoms with Crippen LogP contribution in [0, 0.1) is 6.92 Å². The molecule has 0 unspecified atom stereocenters. The lowest BCUT2D eigenvalue weighted by Gasteiger charge is -2.05. The second kappa shape index (κ2) is 4.54. The summed E-state index contributed by atoms with van der Waals surface area (Å²) < 4.78 is 1.93. The molecule has 0 saturated carbocycles. The molecule has 0 fully saturated rings. The largest absolute Gasteiger partial charge is 0.311 e. The number of hydrogen-bond acceptors (Lipinski definition) is 2. The van der Waals surface area contributed by atoms with Crippen molar-refractivity contribution in [3.05, 3.63) is 47.9 Å². The van der Waals surface area contributed by atoms with E-state index in [-0.39, 0.29) is 0 Å². The van der Waals surface area contributed by atoms with Crippen molar-refractivity contribution in [1.29, 1.82) is 0 Å². The summed E-state index contributed by atoms with van der Waals surface area (Å²) in [6, 6.07) is 10.1. The Hall–Kier alpha value is -2.10. The third-order valence-corrected chi connectivity index (χ3v) is 3.29. The van der Waals surface area contributed by atoms with Gasteiger partial charge in [-0.25, -0.2) is 9.97 Å². The van der Waals surface area contributed by atoms with Crippen molar-refractivity contribution in [2.75, 3.05) is 0 Å². The minimum absolute atomic E-state index is 0.709. The summed E-state index contributed by atoms with van der Waals surface area (Å²) in [5, 5.41) is 0. The molecular weight excluding hydrogens is 233 g/mol. The molecule has 0 N–H and O–H groups in total. The molecule has 0 bridgehead atoms. The Morgan fingerprint density at radius 2 is 1.89 bits per heavy atom. The Morgan fingerprint density at radius 1 is 1.16 bits per heavy atom. The fourth-order valence-corrected chi connectivity index (χ4v) is 2.27. The van der Waals surface area contributed by atoms with E-state index >= 15 is 0 Å². The molecular formula is C15H14BN3. The second-order valence-corrected chi connectivity index (χ2v) is 4.57. The van der Waals surface area contributed by atoms with Gasteiger partial charge >= 0.3 is 0 Å². The molecule has 0 amide bonds. The van der Waals surface area contributed by atoms with E-state index in [0.717, 1.165) is 34.7 Å². The van der Waals surface area contributed by atoms with Crippen molar-refractivity contribution in [1.82, 2.24) is 14.4 Å². The zero-order chi connectivity index (χ0) is 13.4. The fourth-order valence-electron chi connectivity index (χ4n) is 2.27. The standard InChI is InChI=1S/C15H14BN3/c1-3-12-14(16)19-9-13(11-7-5-4-6-8-11)17-10(2)15(19)18-12/h4-9H,3H2,1-2H3. The van der Waals surface area contributed by atoms with E-state index in [0.29, 0.717) is 5.59 Å². The summed E-state index contributed by atoms with van der Waals surface area (Å²) in [6.45, 7) is 4.02. The summed E-state index contributed by atoms with van der Waals surface area (Å²) >= 11 is 0. The average Bonchev–Trinajstić information content (AvgIpc) is 2.77. The number of aromatic nitrogens is 3. The first kappa shape index (κ1) is 12.0. The van der Waals surface area contributed by atoms with Gasteiger partial charge in [0, 0.05) is 11.8 Å². The molecule has 4 heteroatoms. The van der Waals surface area contributed by atoms with E-state index in [1.54, 1.807) is 0 Å². The van der Waals surface area contributed by atoms with Crippen LogP contribution in [0.1, 0.15) is 18.3 Å². The number of rotatable bonds is 2. The van der Waals surface area contributed by atoms with E-state index in [4.69, 9.17) is 7.85 Å². The lowest BCUT2D eigenvalue weighted by molar-refractivity contribution is 1.07. The molecule has 19 heavy (non-hydrogen) atoms. The maximum Gasteiger partial charge on any atom is 0.157 e. The Labute approximate surface area is 113 Å². The number of fused-ring (bicyclic) bond motifs is 1. The topological polar surface area (TPSA) is 30.2 Å². The van der Waals surface area contributed by atoms with Gasteiger partial charge in [0.2, 0.25) is 0 Å². The van der Waals surface area contributed by atoms with Crippen molar-refractivity contribution in [3.8, 4) is 11.3 Å². The number of benzene rings is 1. The van der Waals surface area contributed by atoms with E-state index in [1.165, 1.54) is 0 Å². The highest BCUT2D eigenvalue weighted by atomic mass is 15.0. The lowest BCUT2D eigenvalue weighted by Crippen LogP contribution is -2.15. The van der Waals surface area contributed by atoms with Crippen LogP contribution in [-0.2, 0) is 6.42 Å². The smallest absolute Gasteiger partial charge is 0.157 e. The zero-order valence-corrected chi connectivity index (χ0v) is 11.1. The zero-order valence-electron chi connectivity index (χ0n) is 11.1. The minimum atomic E-state index is 0.709. The summed E-state index contributed by atoms with van der Waals surface area (Å²) in [5.41, 5.74) is 5.37. The van der Waals surface area contributed by atoms with E-state index in [1.807, 2.05) is 47.9 Å². The van der Waals surface area contributed by atoms with Gasteiger partial charge in [0.25, 0.3) is 0 Å². The van der Waals surface area contributed by atoms with Gasteiger partial charge in [0.15, 0.2) is 5.65 Å². The average molecular weight is 247 g/mol. The molecule has 3 rings (SSSR count). The highest BCUT2D eigenvalue weighted by Crippen LogP contribution is 2.18. The predicted molar refractivity (Wildman–Crippen MR) is 77.9 cm³/mol. The van der Waals surface area contributed by atoms with Gasteiger partial charge in [-0.15, -0.1) is 0 Å². The van der Waals surface area contributed by atoms with E-state index in [9.17, 15) is 0 Å². The fraction of sp³-hybridized carbons (Fsp3) is 0.200. The molecule has 3 aromatic rings. The molecule has 0 aliphatic rings. The molecule has 2 aromatic heterocycles. The van der Waals surface area contributed by atoms with E-state index < -0.39 is 0 Å². The van der Waals surface area contributed by atoms with Gasteiger partial charge in [-0.2, -0.15) is 0 Å². The molecule has 0 aliphatic heterocycles. The highest BCUT2D eigenvalue weighted by Gasteiger charge is 2.11. The molecule has 0 aliphatic carbocycles. The third-order valence-electron chi connectivity index (χ3n) is 3.29. The normalized spacial score (nSPS) is 11.1. The Morgan fingerprint density at radius 3 is 2.58 bits per heavy atom. The summed E-state index contributed by atoms with van der Waals surface area (Å²) in [6.07, 6.45) is 2.78. The number of hydrogen-bond donors (Lipinski definition) is 0. The second-order valence-electron chi connectivity index (χ2n) is 4.57. The molecule has 0 spiro atoms. The number of aryl methyl sites for hydroxylation is 2. The van der Waals surface area contributed by atoms with Gasteiger partial charge in [-0.3, -0.25) is 0 Å². The molecule has 92 valence electrons. The predicted octanol–water partition coefficient (Wildman–Crippen LogP) is 2.06. The van der Waals surface area contributed by atoms with Crippen molar-refractivity contribution < 1.29 is 0 Å². The Balaban J connectivity index is 2.27. The van der Waals surface area contributed by atoms with E-state index in [2.05, 4.69) is 16.9 Å². The first-order valence-corrected chi connectivity index (χ1v) is 6.40. The highest BCUT2D eigenvalue weighted by molar-refractivity contribution is 6.32. The van der Waals surface area contributed by atoms with Gasteiger partial charge in [0.05, 0.1) is 17.1 Å². The molecule has 2 heterocycles. The molecule has 3 nitrogen and oxygen atoms in total. The number of imidazole rings is 1. The summed E-state index contributed by atoms with van der Waals surface area (Å²) in [5.74, 6) is 0. The van der Waals surface area contributed by atoms with Crippen molar-refractivity contribution in [3.63, 3.8) is 0 Å². The lowest BCUT2D eigenvalue weighted by atomic mass is 10.0. The SMILES string of the molecule is [B]c1c(CC)nc2c(C)nc(-c3ccccc3)cn12. The van der Waals surface area contributed by atoms with Crippen LogP contribution >= 0.6 is 0 Å². The summed E-state index contributed by atoms with van der Waals surface area (Å²) in [4.78, 5) is 9.16. The van der Waals surface area contributed by atoms with Crippen LogP contribution in [0.5, 0.6) is 0 Å². The van der Waals surface area contributed by atoms with Crippen molar-refractivity contribution in [2.24, 2.45) is 0 Å². The molecule has 0 atom stereocenters. The van der Waals surface area contributed by atoms with Crippen molar-refractivity contribution >= 4 is 19.1 Å². The maximum absolute atomic E-state index is 6.14. The van der Waals surface area contributed by atoms with Crippen LogP contribution in [0.3, 0.4) is 0 Å². The minimum Gasteiger partial charge on any atom is -0.311 e. The first-order valence-electron chi connectivity index (χ1n) is 6.40. The van der Waals surface area contributed by atoms with Crippen LogP contribution in [0.15, 0.2) is 36.5 Å². The Bertz CT molecular complexity index is 732. The molecule has 0 saturated heterocycles.